The van der Waals surface area contributed by atoms with Gasteiger partial charge in [0.15, 0.2) is 5.72 Å². The Labute approximate surface area is 151 Å². The molecular weight excluding hydrogens is 332 g/mol. The van der Waals surface area contributed by atoms with Gasteiger partial charge in [0.2, 0.25) is 0 Å². The van der Waals surface area contributed by atoms with E-state index in [-0.39, 0.29) is 12.1 Å². The van der Waals surface area contributed by atoms with Gasteiger partial charge < -0.3 is 14.8 Å². The van der Waals surface area contributed by atoms with E-state index in [9.17, 15) is 9.59 Å². The van der Waals surface area contributed by atoms with Crippen molar-refractivity contribution in [2.75, 3.05) is 12.0 Å². The van der Waals surface area contributed by atoms with Crippen molar-refractivity contribution >= 4 is 17.7 Å². The predicted molar refractivity (Wildman–Crippen MR) is 96.4 cm³/mol. The number of carbonyl (C=O) groups is 2. The Morgan fingerprint density at radius 3 is 2.81 bits per heavy atom. The molecule has 4 rings (SSSR count). The molecule has 1 fully saturated rings. The van der Waals surface area contributed by atoms with Crippen molar-refractivity contribution in [1.82, 2.24) is 5.32 Å². The van der Waals surface area contributed by atoms with Gasteiger partial charge in [-0.15, -0.1) is 0 Å². The summed E-state index contributed by atoms with van der Waals surface area (Å²) in [7, 11) is 1.35. The van der Waals surface area contributed by atoms with Gasteiger partial charge in [0.1, 0.15) is 5.75 Å². The van der Waals surface area contributed by atoms with Crippen LogP contribution in [0.4, 0.5) is 10.5 Å². The highest BCUT2D eigenvalue weighted by Gasteiger charge is 2.50. The van der Waals surface area contributed by atoms with Crippen LogP contribution >= 0.6 is 0 Å². The average Bonchev–Trinajstić information content (AvgIpc) is 2.61. The summed E-state index contributed by atoms with van der Waals surface area (Å²) in [6.07, 6.45) is 0.574. The molecule has 2 aromatic carbocycles. The normalized spacial score (nSPS) is 23.6. The number of urea groups is 1. The molecule has 2 aromatic rings. The van der Waals surface area contributed by atoms with Crippen LogP contribution in [0.15, 0.2) is 42.5 Å². The molecule has 0 aliphatic carbocycles. The average molecular weight is 352 g/mol. The molecule has 2 heterocycles. The Kier molecular flexibility index (Phi) is 3.64. The van der Waals surface area contributed by atoms with Gasteiger partial charge in [-0.05, 0) is 43.7 Å². The molecule has 0 spiro atoms. The Morgan fingerprint density at radius 2 is 2.08 bits per heavy atom. The second-order valence-corrected chi connectivity index (χ2v) is 6.85. The number of methoxy groups -OCH3 is 1. The number of anilines is 1. The molecule has 2 aliphatic heterocycles. The number of hydrogen-bond acceptors (Lipinski definition) is 4. The quantitative estimate of drug-likeness (QED) is 0.840. The minimum absolute atomic E-state index is 0.216. The van der Waals surface area contributed by atoms with Crippen molar-refractivity contribution in [2.45, 2.75) is 32.0 Å². The molecule has 134 valence electrons. The highest BCUT2D eigenvalue weighted by atomic mass is 16.5. The first kappa shape index (κ1) is 16.4. The smallest absolute Gasteiger partial charge is 0.337 e. The lowest BCUT2D eigenvalue weighted by molar-refractivity contribution is 0.0376. The Morgan fingerprint density at radius 1 is 1.31 bits per heavy atom. The van der Waals surface area contributed by atoms with Crippen molar-refractivity contribution in [1.29, 1.82) is 0 Å². The fourth-order valence-corrected chi connectivity index (χ4v) is 3.80. The van der Waals surface area contributed by atoms with E-state index in [4.69, 9.17) is 9.47 Å². The number of esters is 1. The highest BCUT2D eigenvalue weighted by Crippen LogP contribution is 2.46. The summed E-state index contributed by atoms with van der Waals surface area (Å²) in [6.45, 7) is 3.89. The van der Waals surface area contributed by atoms with Gasteiger partial charge in [-0.1, -0.05) is 18.2 Å². The highest BCUT2D eigenvalue weighted by molar-refractivity contribution is 5.96. The first-order chi connectivity index (χ1) is 12.4. The zero-order valence-corrected chi connectivity index (χ0v) is 14.9. The van der Waals surface area contributed by atoms with Crippen LogP contribution in [-0.4, -0.2) is 24.8 Å². The molecule has 6 nitrogen and oxygen atoms in total. The number of aryl methyl sites for hydroxylation is 1. The molecular formula is C20H20N2O4. The maximum Gasteiger partial charge on any atom is 0.337 e. The van der Waals surface area contributed by atoms with Gasteiger partial charge >= 0.3 is 12.0 Å². The topological polar surface area (TPSA) is 67.9 Å². The van der Waals surface area contributed by atoms with E-state index in [0.717, 1.165) is 16.8 Å². The number of hydrogen-bond donors (Lipinski definition) is 1. The van der Waals surface area contributed by atoms with E-state index < -0.39 is 11.7 Å². The number of nitrogens with one attached hydrogen (secondary N) is 1. The zero-order valence-electron chi connectivity index (χ0n) is 14.9. The summed E-state index contributed by atoms with van der Waals surface area (Å²) in [4.78, 5) is 26.4. The number of ether oxygens (including phenoxy) is 2. The van der Waals surface area contributed by atoms with Crippen molar-refractivity contribution in [3.05, 3.63) is 59.2 Å². The number of benzene rings is 2. The lowest BCUT2D eigenvalue weighted by atomic mass is 9.89. The molecule has 0 radical (unpaired) electrons. The van der Waals surface area contributed by atoms with Gasteiger partial charge in [-0.2, -0.15) is 0 Å². The largest absolute Gasteiger partial charge is 0.467 e. The van der Waals surface area contributed by atoms with Gasteiger partial charge in [-0.25, -0.2) is 9.59 Å². The number of carbonyl (C=O) groups excluding carboxylic acids is 2. The molecule has 1 saturated heterocycles. The molecule has 2 amide bonds. The number of nitrogens with zero attached hydrogens (tertiary/aromatic N) is 1. The SMILES string of the molecule is COC(=O)c1ccc2c(c1)C1CC(C)(O2)N(c2ccccc2C)C(=O)N1. The minimum Gasteiger partial charge on any atom is -0.467 e. The zero-order chi connectivity index (χ0) is 18.5. The summed E-state index contributed by atoms with van der Waals surface area (Å²) in [6, 6.07) is 12.5. The standard InChI is InChI=1S/C20H20N2O4/c1-12-6-4-5-7-16(12)22-19(24)21-15-11-20(22,2)26-17-9-8-13(10-14(15)17)18(23)25-3/h4-10,15H,11H2,1-3H3,(H,21,24). The third kappa shape index (κ3) is 2.41. The molecule has 6 heteroatoms. The van der Waals surface area contributed by atoms with Crippen LogP contribution in [0.1, 0.15) is 40.9 Å². The van der Waals surface area contributed by atoms with Crippen LogP contribution in [0, 0.1) is 6.92 Å². The van der Waals surface area contributed by atoms with Crippen LogP contribution in [0.25, 0.3) is 0 Å². The summed E-state index contributed by atoms with van der Waals surface area (Å²) in [5.41, 5.74) is 2.24. The number of rotatable bonds is 2. The third-order valence-electron chi connectivity index (χ3n) is 5.05. The first-order valence-electron chi connectivity index (χ1n) is 8.50. The van der Waals surface area contributed by atoms with E-state index in [1.54, 1.807) is 23.1 Å². The van der Waals surface area contributed by atoms with Gasteiger partial charge in [-0.3, -0.25) is 4.90 Å². The summed E-state index contributed by atoms with van der Waals surface area (Å²) in [5.74, 6) is 0.250. The Bertz CT molecular complexity index is 910. The number of fused-ring (bicyclic) bond motifs is 4. The molecule has 0 aromatic heterocycles. The van der Waals surface area contributed by atoms with E-state index in [1.807, 2.05) is 38.1 Å². The van der Waals surface area contributed by atoms with Crippen LogP contribution in [0.5, 0.6) is 5.75 Å². The predicted octanol–water partition coefficient (Wildman–Crippen LogP) is 3.55. The Hall–Kier alpha value is -3.02. The van der Waals surface area contributed by atoms with Crippen LogP contribution in [0.3, 0.4) is 0 Å². The second-order valence-electron chi connectivity index (χ2n) is 6.85. The van der Waals surface area contributed by atoms with E-state index in [2.05, 4.69) is 5.32 Å². The molecule has 0 saturated carbocycles. The lowest BCUT2D eigenvalue weighted by Gasteiger charge is -2.51. The van der Waals surface area contributed by atoms with Crippen LogP contribution in [-0.2, 0) is 4.74 Å². The van der Waals surface area contributed by atoms with Gasteiger partial charge in [0, 0.05) is 12.0 Å². The molecule has 2 atom stereocenters. The lowest BCUT2D eigenvalue weighted by Crippen LogP contribution is -2.65. The molecule has 26 heavy (non-hydrogen) atoms. The third-order valence-corrected chi connectivity index (χ3v) is 5.05. The second kappa shape index (κ2) is 5.76. The Balaban J connectivity index is 1.78. The van der Waals surface area contributed by atoms with Crippen LogP contribution < -0.4 is 15.0 Å². The van der Waals surface area contributed by atoms with Crippen molar-refractivity contribution in [3.63, 3.8) is 0 Å². The van der Waals surface area contributed by atoms with Crippen molar-refractivity contribution < 1.29 is 19.1 Å². The van der Waals surface area contributed by atoms with E-state index in [0.29, 0.717) is 17.7 Å². The molecule has 2 aliphatic rings. The van der Waals surface area contributed by atoms with Crippen LogP contribution in [0.2, 0.25) is 0 Å². The minimum atomic E-state index is -0.807. The molecule has 1 N–H and O–H groups in total. The summed E-state index contributed by atoms with van der Waals surface area (Å²) >= 11 is 0. The maximum absolute atomic E-state index is 12.9. The van der Waals surface area contributed by atoms with Gasteiger partial charge in [0.05, 0.1) is 24.4 Å². The molecule has 2 unspecified atom stereocenters. The summed E-state index contributed by atoms with van der Waals surface area (Å²) < 4.78 is 11.0. The van der Waals surface area contributed by atoms with Crippen molar-refractivity contribution in [2.24, 2.45) is 0 Å². The molecule has 2 bridgehead atoms. The van der Waals surface area contributed by atoms with Gasteiger partial charge in [0.25, 0.3) is 0 Å². The monoisotopic (exact) mass is 352 g/mol. The fourth-order valence-electron chi connectivity index (χ4n) is 3.80. The first-order valence-corrected chi connectivity index (χ1v) is 8.50. The number of para-hydroxylation sites is 1. The maximum atomic E-state index is 12.9. The summed E-state index contributed by atoms with van der Waals surface area (Å²) in [5, 5.41) is 3.04. The fraction of sp³-hybridized carbons (Fsp3) is 0.300. The van der Waals surface area contributed by atoms with E-state index >= 15 is 0 Å². The van der Waals surface area contributed by atoms with E-state index in [1.165, 1.54) is 7.11 Å². The number of amides is 2. The van der Waals surface area contributed by atoms with Crippen molar-refractivity contribution in [3.8, 4) is 5.75 Å².